The summed E-state index contributed by atoms with van der Waals surface area (Å²) in [5, 5.41) is 17.4. The summed E-state index contributed by atoms with van der Waals surface area (Å²) in [6, 6.07) is 12.9. The first-order valence-corrected chi connectivity index (χ1v) is 7.11. The van der Waals surface area contributed by atoms with E-state index >= 15 is 0 Å². The number of benzene rings is 1. The Kier molecular flexibility index (Phi) is 5.42. The summed E-state index contributed by atoms with van der Waals surface area (Å²) in [7, 11) is 0. The van der Waals surface area contributed by atoms with Crippen LogP contribution in [0.15, 0.2) is 48.7 Å². The number of aliphatic carboxylic acids is 1. The van der Waals surface area contributed by atoms with Gasteiger partial charge in [-0.2, -0.15) is 5.26 Å². The fourth-order valence-corrected chi connectivity index (χ4v) is 2.13. The Labute approximate surface area is 138 Å². The predicted molar refractivity (Wildman–Crippen MR) is 86.0 cm³/mol. The number of carboxylic acids is 1. The van der Waals surface area contributed by atoms with E-state index < -0.39 is 24.0 Å². The number of hydrogen-bond donors (Lipinski definition) is 1. The standard InChI is InChI=1S/C18H14N2O4/c19-11-13-3-1-4-14(9-13)12-20-8-2-5-15(20)6-7-16(21)10-17(22)18(23)24/h1-9H,10,12H2,(H,23,24)/b7-6+. The van der Waals surface area contributed by atoms with Crippen LogP contribution in [0.3, 0.4) is 0 Å². The number of carboxylic acid groups (broad SMARTS) is 1. The topological polar surface area (TPSA) is 100 Å². The summed E-state index contributed by atoms with van der Waals surface area (Å²) in [6.07, 6.45) is 3.90. The zero-order valence-electron chi connectivity index (χ0n) is 12.7. The van der Waals surface area contributed by atoms with Crippen molar-refractivity contribution in [2.24, 2.45) is 0 Å². The van der Waals surface area contributed by atoms with Crippen LogP contribution in [0.25, 0.3) is 6.08 Å². The number of hydrogen-bond acceptors (Lipinski definition) is 4. The molecule has 0 saturated heterocycles. The molecule has 0 aliphatic rings. The smallest absolute Gasteiger partial charge is 0.372 e. The van der Waals surface area contributed by atoms with Crippen LogP contribution in [-0.2, 0) is 20.9 Å². The van der Waals surface area contributed by atoms with Crippen LogP contribution in [0.2, 0.25) is 0 Å². The van der Waals surface area contributed by atoms with E-state index in [1.54, 1.807) is 30.3 Å². The highest BCUT2D eigenvalue weighted by Crippen LogP contribution is 2.11. The van der Waals surface area contributed by atoms with Gasteiger partial charge in [-0.15, -0.1) is 0 Å². The fraction of sp³-hybridized carbons (Fsp3) is 0.111. The average molecular weight is 322 g/mol. The van der Waals surface area contributed by atoms with Gasteiger partial charge in [0, 0.05) is 18.4 Å². The first kappa shape index (κ1) is 16.9. The number of rotatable bonds is 7. The predicted octanol–water partition coefficient (Wildman–Crippen LogP) is 2.03. The second-order valence-corrected chi connectivity index (χ2v) is 5.08. The van der Waals surface area contributed by atoms with Crippen molar-refractivity contribution in [1.82, 2.24) is 4.57 Å². The summed E-state index contributed by atoms with van der Waals surface area (Å²) in [4.78, 5) is 33.0. The molecule has 1 N–H and O–H groups in total. The van der Waals surface area contributed by atoms with E-state index in [9.17, 15) is 14.4 Å². The highest BCUT2D eigenvalue weighted by atomic mass is 16.4. The molecular formula is C18H14N2O4. The lowest BCUT2D eigenvalue weighted by Crippen LogP contribution is -2.15. The number of nitrogens with zero attached hydrogens (tertiary/aromatic N) is 2. The molecule has 0 spiro atoms. The minimum atomic E-state index is -1.61. The first-order chi connectivity index (χ1) is 11.5. The van der Waals surface area contributed by atoms with Gasteiger partial charge in [0.15, 0.2) is 5.78 Å². The Bertz CT molecular complexity index is 856. The zero-order chi connectivity index (χ0) is 17.5. The number of aromatic nitrogens is 1. The maximum Gasteiger partial charge on any atom is 0.372 e. The molecule has 120 valence electrons. The number of Topliss-reactive ketones (excluding diaryl/α,β-unsaturated/α-hetero) is 1. The molecule has 0 unspecified atom stereocenters. The Hall–Kier alpha value is -3.46. The minimum Gasteiger partial charge on any atom is -0.475 e. The van der Waals surface area contributed by atoms with Gasteiger partial charge >= 0.3 is 5.97 Å². The SMILES string of the molecule is N#Cc1cccc(Cn2cccc2/C=C/C(=O)CC(=O)C(=O)O)c1. The number of carbonyl (C=O) groups excluding carboxylic acids is 2. The summed E-state index contributed by atoms with van der Waals surface area (Å²) in [6.45, 7) is 0.518. The van der Waals surface area contributed by atoms with E-state index in [4.69, 9.17) is 10.4 Å². The Balaban J connectivity index is 2.08. The summed E-state index contributed by atoms with van der Waals surface area (Å²) >= 11 is 0. The lowest BCUT2D eigenvalue weighted by Gasteiger charge is -2.07. The lowest BCUT2D eigenvalue weighted by atomic mass is 10.1. The second-order valence-electron chi connectivity index (χ2n) is 5.08. The van der Waals surface area contributed by atoms with Gasteiger partial charge in [-0.3, -0.25) is 9.59 Å². The Morgan fingerprint density at radius 2 is 2.00 bits per heavy atom. The molecule has 24 heavy (non-hydrogen) atoms. The van der Waals surface area contributed by atoms with Crippen LogP contribution in [0, 0.1) is 11.3 Å². The molecule has 0 aliphatic heterocycles. The molecule has 0 amide bonds. The third kappa shape index (κ3) is 4.52. The van der Waals surface area contributed by atoms with E-state index in [-0.39, 0.29) is 0 Å². The van der Waals surface area contributed by atoms with Gasteiger partial charge in [0.1, 0.15) is 0 Å². The van der Waals surface area contributed by atoms with Crippen molar-refractivity contribution in [1.29, 1.82) is 5.26 Å². The van der Waals surface area contributed by atoms with Crippen LogP contribution in [-0.4, -0.2) is 27.2 Å². The molecule has 0 atom stereocenters. The van der Waals surface area contributed by atoms with Gasteiger partial charge < -0.3 is 9.67 Å². The lowest BCUT2D eigenvalue weighted by molar-refractivity contribution is -0.149. The highest BCUT2D eigenvalue weighted by molar-refractivity contribution is 6.37. The zero-order valence-corrected chi connectivity index (χ0v) is 12.7. The third-order valence-corrected chi connectivity index (χ3v) is 3.29. The van der Waals surface area contributed by atoms with Crippen LogP contribution in [0.1, 0.15) is 23.2 Å². The van der Waals surface area contributed by atoms with Crippen molar-refractivity contribution in [3.8, 4) is 6.07 Å². The molecule has 1 heterocycles. The molecule has 0 fully saturated rings. The number of ketones is 2. The van der Waals surface area contributed by atoms with Gasteiger partial charge in [-0.25, -0.2) is 4.79 Å². The number of nitriles is 1. The minimum absolute atomic E-state index is 0.518. The molecule has 6 nitrogen and oxygen atoms in total. The third-order valence-electron chi connectivity index (χ3n) is 3.29. The Morgan fingerprint density at radius 3 is 2.71 bits per heavy atom. The van der Waals surface area contributed by atoms with Crippen LogP contribution < -0.4 is 0 Å². The molecule has 0 radical (unpaired) electrons. The largest absolute Gasteiger partial charge is 0.475 e. The maximum atomic E-state index is 11.6. The van der Waals surface area contributed by atoms with Crippen LogP contribution in [0.4, 0.5) is 0 Å². The number of allylic oxidation sites excluding steroid dienone is 1. The molecular weight excluding hydrogens is 308 g/mol. The summed E-state index contributed by atoms with van der Waals surface area (Å²) < 4.78 is 1.87. The monoisotopic (exact) mass is 322 g/mol. The normalized spacial score (nSPS) is 10.5. The van der Waals surface area contributed by atoms with E-state index in [1.807, 2.05) is 16.8 Å². The van der Waals surface area contributed by atoms with Crippen molar-refractivity contribution in [3.05, 3.63) is 65.5 Å². The second kappa shape index (κ2) is 7.70. The van der Waals surface area contributed by atoms with Gasteiger partial charge in [-0.1, -0.05) is 12.1 Å². The van der Waals surface area contributed by atoms with E-state index in [2.05, 4.69) is 6.07 Å². The molecule has 0 saturated carbocycles. The van der Waals surface area contributed by atoms with E-state index in [0.717, 1.165) is 11.3 Å². The molecule has 0 aliphatic carbocycles. The molecule has 1 aromatic heterocycles. The molecule has 2 aromatic rings. The van der Waals surface area contributed by atoms with Crippen molar-refractivity contribution >= 4 is 23.6 Å². The van der Waals surface area contributed by atoms with Gasteiger partial charge in [0.2, 0.25) is 5.78 Å². The van der Waals surface area contributed by atoms with Crippen molar-refractivity contribution in [2.45, 2.75) is 13.0 Å². The van der Waals surface area contributed by atoms with Gasteiger partial charge in [0.25, 0.3) is 0 Å². The summed E-state index contributed by atoms with van der Waals surface area (Å²) in [5.41, 5.74) is 2.24. The van der Waals surface area contributed by atoms with Crippen molar-refractivity contribution < 1.29 is 19.5 Å². The van der Waals surface area contributed by atoms with Crippen LogP contribution in [0.5, 0.6) is 0 Å². The molecule has 2 rings (SSSR count). The molecule has 0 bridgehead atoms. The quantitative estimate of drug-likeness (QED) is 0.477. The van der Waals surface area contributed by atoms with Crippen molar-refractivity contribution in [2.75, 3.05) is 0 Å². The van der Waals surface area contributed by atoms with Gasteiger partial charge in [0.05, 0.1) is 18.1 Å². The van der Waals surface area contributed by atoms with E-state index in [0.29, 0.717) is 12.1 Å². The number of carbonyl (C=O) groups is 3. The fourth-order valence-electron chi connectivity index (χ4n) is 2.13. The first-order valence-electron chi connectivity index (χ1n) is 7.11. The maximum absolute atomic E-state index is 11.6. The van der Waals surface area contributed by atoms with Crippen LogP contribution >= 0.6 is 0 Å². The average Bonchev–Trinajstić information content (AvgIpc) is 3.00. The van der Waals surface area contributed by atoms with Crippen molar-refractivity contribution in [3.63, 3.8) is 0 Å². The summed E-state index contributed by atoms with van der Waals surface area (Å²) in [5.74, 6) is -3.31. The Morgan fingerprint density at radius 1 is 1.21 bits per heavy atom. The van der Waals surface area contributed by atoms with E-state index in [1.165, 1.54) is 12.2 Å². The molecule has 1 aromatic carbocycles. The molecule has 6 heteroatoms. The highest BCUT2D eigenvalue weighted by Gasteiger charge is 2.14. The van der Waals surface area contributed by atoms with Gasteiger partial charge in [-0.05, 0) is 42.0 Å².